The van der Waals surface area contributed by atoms with Crippen molar-refractivity contribution in [2.24, 2.45) is 5.92 Å². The number of allylic oxidation sites excluding steroid dienone is 7. The van der Waals surface area contributed by atoms with Gasteiger partial charge in [0.05, 0.1) is 0 Å². The number of benzene rings is 2. The maximum absolute atomic E-state index is 2.37. The van der Waals surface area contributed by atoms with Crippen molar-refractivity contribution < 1.29 is 0 Å². The van der Waals surface area contributed by atoms with Crippen LogP contribution in [0.15, 0.2) is 102 Å². The summed E-state index contributed by atoms with van der Waals surface area (Å²) in [4.78, 5) is 2.37. The van der Waals surface area contributed by atoms with E-state index in [1.54, 1.807) is 0 Å². The molecule has 1 nitrogen and oxygen atoms in total. The number of hydrogen-bond donors (Lipinski definition) is 0. The zero-order valence-corrected chi connectivity index (χ0v) is 13.9. The van der Waals surface area contributed by atoms with Crippen molar-refractivity contribution in [3.8, 4) is 0 Å². The molecule has 0 aromatic heterocycles. The van der Waals surface area contributed by atoms with E-state index in [9.17, 15) is 0 Å². The fourth-order valence-corrected chi connectivity index (χ4v) is 3.42. The van der Waals surface area contributed by atoms with Crippen LogP contribution in [0.4, 0.5) is 11.4 Å². The third-order valence-corrected chi connectivity index (χ3v) is 4.70. The van der Waals surface area contributed by atoms with E-state index >= 15 is 0 Å². The Morgan fingerprint density at radius 1 is 0.917 bits per heavy atom. The summed E-state index contributed by atoms with van der Waals surface area (Å²) in [6, 6.07) is 19.2. The fourth-order valence-electron chi connectivity index (χ4n) is 3.42. The zero-order chi connectivity index (χ0) is 16.4. The van der Waals surface area contributed by atoms with Crippen LogP contribution >= 0.6 is 0 Å². The van der Waals surface area contributed by atoms with Crippen LogP contribution in [0.25, 0.3) is 0 Å². The van der Waals surface area contributed by atoms with Gasteiger partial charge in [0.1, 0.15) is 0 Å². The molecular formula is C23H21N. The van der Waals surface area contributed by atoms with Gasteiger partial charge in [0, 0.05) is 23.0 Å². The molecule has 2 aliphatic carbocycles. The lowest BCUT2D eigenvalue weighted by molar-refractivity contribution is 0.768. The number of hydrogen-bond acceptors (Lipinski definition) is 1. The Labute approximate surface area is 143 Å². The molecule has 0 saturated heterocycles. The summed E-state index contributed by atoms with van der Waals surface area (Å²) >= 11 is 0. The summed E-state index contributed by atoms with van der Waals surface area (Å²) in [6.07, 6.45) is 14.5. The second-order valence-corrected chi connectivity index (χ2v) is 6.32. The van der Waals surface area contributed by atoms with Gasteiger partial charge in [-0.15, -0.1) is 0 Å². The predicted octanol–water partition coefficient (Wildman–Crippen LogP) is 6.09. The molecule has 0 saturated carbocycles. The molecule has 0 fully saturated rings. The van der Waals surface area contributed by atoms with Crippen molar-refractivity contribution in [2.75, 3.05) is 4.90 Å². The quantitative estimate of drug-likeness (QED) is 0.663. The van der Waals surface area contributed by atoms with E-state index in [1.165, 1.54) is 28.2 Å². The minimum Gasteiger partial charge on any atom is -0.311 e. The average Bonchev–Trinajstić information content (AvgIpc) is 2.64. The lowest BCUT2D eigenvalue weighted by atomic mass is 9.87. The highest BCUT2D eigenvalue weighted by Gasteiger charge is 2.21. The summed E-state index contributed by atoms with van der Waals surface area (Å²) in [5.74, 6) is 0.522. The molecule has 0 heterocycles. The first-order valence-corrected chi connectivity index (χ1v) is 8.50. The van der Waals surface area contributed by atoms with Gasteiger partial charge < -0.3 is 4.90 Å². The molecule has 0 aliphatic heterocycles. The summed E-state index contributed by atoms with van der Waals surface area (Å²) in [5.41, 5.74) is 6.36. The second kappa shape index (κ2) is 6.37. The largest absolute Gasteiger partial charge is 0.311 e. The van der Waals surface area contributed by atoms with Gasteiger partial charge in [-0.25, -0.2) is 0 Å². The summed E-state index contributed by atoms with van der Waals surface area (Å²) in [7, 11) is 0. The third kappa shape index (κ3) is 2.74. The number of nitrogens with zero attached hydrogens (tertiary/aromatic N) is 1. The maximum Gasteiger partial charge on any atom is 0.0490 e. The standard InChI is InChI=1S/C23H21N/c1-18-9-5-8-14-23(18)24(21-12-3-2-4-13-21)22-16-15-19-10-6-7-11-20(19)17-22/h2-14,16-17,19H,15H2,1H3. The maximum atomic E-state index is 2.37. The van der Waals surface area contributed by atoms with E-state index in [1.807, 2.05) is 0 Å². The SMILES string of the molecule is Cc1ccccc1N(C1=CCC2C=CC=CC2=C1)c1ccccc1. The highest BCUT2D eigenvalue weighted by molar-refractivity contribution is 5.73. The van der Waals surface area contributed by atoms with E-state index in [4.69, 9.17) is 0 Å². The van der Waals surface area contributed by atoms with Crippen molar-refractivity contribution in [2.45, 2.75) is 13.3 Å². The summed E-state index contributed by atoms with van der Waals surface area (Å²) < 4.78 is 0. The molecule has 118 valence electrons. The molecule has 0 amide bonds. The first-order chi connectivity index (χ1) is 11.8. The number of para-hydroxylation sites is 2. The van der Waals surface area contributed by atoms with E-state index in [0.717, 1.165) is 6.42 Å². The van der Waals surface area contributed by atoms with Crippen LogP contribution in [-0.2, 0) is 0 Å². The molecule has 24 heavy (non-hydrogen) atoms. The van der Waals surface area contributed by atoms with Crippen LogP contribution in [0.1, 0.15) is 12.0 Å². The van der Waals surface area contributed by atoms with Crippen molar-refractivity contribution >= 4 is 11.4 Å². The lowest BCUT2D eigenvalue weighted by Crippen LogP contribution is -2.19. The molecule has 1 unspecified atom stereocenters. The molecule has 2 aromatic rings. The van der Waals surface area contributed by atoms with E-state index in [-0.39, 0.29) is 0 Å². The Hall–Kier alpha value is -2.80. The van der Waals surface area contributed by atoms with Crippen LogP contribution < -0.4 is 4.90 Å². The zero-order valence-electron chi connectivity index (χ0n) is 13.9. The monoisotopic (exact) mass is 311 g/mol. The van der Waals surface area contributed by atoms with Gasteiger partial charge in [-0.1, -0.05) is 66.8 Å². The van der Waals surface area contributed by atoms with Gasteiger partial charge in [0.25, 0.3) is 0 Å². The van der Waals surface area contributed by atoms with Gasteiger partial charge in [-0.2, -0.15) is 0 Å². The number of rotatable bonds is 3. The number of anilines is 2. The Morgan fingerprint density at radius 3 is 2.54 bits per heavy atom. The minimum absolute atomic E-state index is 0.522. The molecule has 0 N–H and O–H groups in total. The Bertz CT molecular complexity index is 853. The number of fused-ring (bicyclic) bond motifs is 1. The molecule has 0 bridgehead atoms. The topological polar surface area (TPSA) is 3.24 Å². The first kappa shape index (κ1) is 14.8. The Kier molecular flexibility index (Phi) is 3.92. The molecule has 2 aromatic carbocycles. The second-order valence-electron chi connectivity index (χ2n) is 6.32. The van der Waals surface area contributed by atoms with Gasteiger partial charge in [0.2, 0.25) is 0 Å². The summed E-state index contributed by atoms with van der Waals surface area (Å²) in [6.45, 7) is 2.17. The highest BCUT2D eigenvalue weighted by Crippen LogP contribution is 2.37. The third-order valence-electron chi connectivity index (χ3n) is 4.70. The number of aryl methyl sites for hydroxylation is 1. The van der Waals surface area contributed by atoms with E-state index in [0.29, 0.717) is 5.92 Å². The fraction of sp³-hybridized carbons (Fsp3) is 0.130. The molecule has 2 aliphatic rings. The van der Waals surface area contributed by atoms with Crippen molar-refractivity contribution in [3.63, 3.8) is 0 Å². The van der Waals surface area contributed by atoms with Crippen LogP contribution in [0.5, 0.6) is 0 Å². The summed E-state index contributed by atoms with van der Waals surface area (Å²) in [5, 5.41) is 0. The van der Waals surface area contributed by atoms with Crippen molar-refractivity contribution in [3.05, 3.63) is 108 Å². The smallest absolute Gasteiger partial charge is 0.0490 e. The van der Waals surface area contributed by atoms with E-state index < -0.39 is 0 Å². The van der Waals surface area contributed by atoms with Crippen molar-refractivity contribution in [1.29, 1.82) is 0 Å². The lowest BCUT2D eigenvalue weighted by Gasteiger charge is -2.31. The first-order valence-electron chi connectivity index (χ1n) is 8.50. The molecular weight excluding hydrogens is 290 g/mol. The molecule has 0 radical (unpaired) electrons. The minimum atomic E-state index is 0.522. The molecule has 1 atom stereocenters. The van der Waals surface area contributed by atoms with Gasteiger partial charge in [-0.05, 0) is 48.8 Å². The van der Waals surface area contributed by atoms with Crippen LogP contribution in [0.2, 0.25) is 0 Å². The van der Waals surface area contributed by atoms with Gasteiger partial charge in [-0.3, -0.25) is 0 Å². The van der Waals surface area contributed by atoms with Crippen LogP contribution in [-0.4, -0.2) is 0 Å². The predicted molar refractivity (Wildman–Crippen MR) is 102 cm³/mol. The van der Waals surface area contributed by atoms with Crippen molar-refractivity contribution in [1.82, 2.24) is 0 Å². The molecule has 4 rings (SSSR count). The van der Waals surface area contributed by atoms with Gasteiger partial charge in [0.15, 0.2) is 0 Å². The van der Waals surface area contributed by atoms with Crippen LogP contribution in [0.3, 0.4) is 0 Å². The highest BCUT2D eigenvalue weighted by atomic mass is 15.1. The Balaban J connectivity index is 1.81. The van der Waals surface area contributed by atoms with Crippen LogP contribution in [0, 0.1) is 12.8 Å². The van der Waals surface area contributed by atoms with Gasteiger partial charge >= 0.3 is 0 Å². The normalized spacial score (nSPS) is 18.6. The molecule has 1 heteroatoms. The average molecular weight is 311 g/mol. The molecule has 0 spiro atoms. The Morgan fingerprint density at radius 2 is 1.71 bits per heavy atom. The van der Waals surface area contributed by atoms with E-state index in [2.05, 4.69) is 103 Å².